The van der Waals surface area contributed by atoms with E-state index in [0.717, 1.165) is 30.7 Å². The monoisotopic (exact) mass is 437 g/mol. The van der Waals surface area contributed by atoms with Gasteiger partial charge in [-0.3, -0.25) is 4.79 Å². The number of ether oxygens (including phenoxy) is 1. The van der Waals surface area contributed by atoms with Crippen LogP contribution in [0.5, 0.6) is 11.5 Å². The van der Waals surface area contributed by atoms with Crippen molar-refractivity contribution in [3.63, 3.8) is 0 Å². The highest BCUT2D eigenvalue weighted by Gasteiger charge is 2.21. The third-order valence-electron chi connectivity index (χ3n) is 4.31. The molecular formula is C22H28FNO5S. The predicted molar refractivity (Wildman–Crippen MR) is 112 cm³/mol. The first-order chi connectivity index (χ1) is 14.2. The maximum atomic E-state index is 13.1. The van der Waals surface area contributed by atoms with E-state index in [1.807, 2.05) is 20.8 Å². The summed E-state index contributed by atoms with van der Waals surface area (Å²) in [5, 5.41) is 0. The average Bonchev–Trinajstić information content (AvgIpc) is 2.67. The van der Waals surface area contributed by atoms with Gasteiger partial charge >= 0.3 is 10.1 Å². The predicted octanol–water partition coefficient (Wildman–Crippen LogP) is 4.39. The molecule has 0 bridgehead atoms. The lowest BCUT2D eigenvalue weighted by Gasteiger charge is -2.25. The summed E-state index contributed by atoms with van der Waals surface area (Å²) in [5.41, 5.74) is 0.713. The van der Waals surface area contributed by atoms with E-state index >= 15 is 0 Å². The summed E-state index contributed by atoms with van der Waals surface area (Å²) < 4.78 is 48.8. The summed E-state index contributed by atoms with van der Waals surface area (Å²) >= 11 is 0. The third kappa shape index (κ3) is 6.45. The van der Waals surface area contributed by atoms with E-state index in [2.05, 4.69) is 0 Å². The summed E-state index contributed by atoms with van der Waals surface area (Å²) in [6, 6.07) is 9.28. The van der Waals surface area contributed by atoms with Gasteiger partial charge in [0.2, 0.25) is 5.91 Å². The molecule has 0 atom stereocenters. The van der Waals surface area contributed by atoms with E-state index in [0.29, 0.717) is 31.0 Å². The van der Waals surface area contributed by atoms with Crippen LogP contribution < -0.4 is 8.92 Å². The van der Waals surface area contributed by atoms with Crippen LogP contribution in [0.1, 0.15) is 39.2 Å². The molecule has 2 aromatic rings. The highest BCUT2D eigenvalue weighted by atomic mass is 32.2. The minimum absolute atomic E-state index is 0.00626. The first kappa shape index (κ1) is 23.7. The summed E-state index contributed by atoms with van der Waals surface area (Å²) in [6.07, 6.45) is 1.20. The number of rotatable bonds is 10. The van der Waals surface area contributed by atoms with Crippen LogP contribution in [0, 0.1) is 11.7 Å². The minimum Gasteiger partial charge on any atom is -0.493 e. The second kappa shape index (κ2) is 10.4. The largest absolute Gasteiger partial charge is 0.493 e. The summed E-state index contributed by atoms with van der Waals surface area (Å²) in [7, 11) is -2.77. The van der Waals surface area contributed by atoms with Crippen molar-refractivity contribution < 1.29 is 26.5 Å². The Hall–Kier alpha value is -2.61. The van der Waals surface area contributed by atoms with Crippen LogP contribution >= 0.6 is 0 Å². The molecule has 0 N–H and O–H groups in total. The Balaban J connectivity index is 2.31. The molecule has 0 unspecified atom stereocenters. The van der Waals surface area contributed by atoms with Crippen LogP contribution in [-0.4, -0.2) is 32.9 Å². The van der Waals surface area contributed by atoms with Crippen molar-refractivity contribution in [1.29, 1.82) is 0 Å². The SMILES string of the molecule is CCCC(=O)N(Cc1ccc(OC)c(OS(=O)(=O)c2ccc(F)cc2)c1)CC(C)C. The van der Waals surface area contributed by atoms with Gasteiger partial charge in [0.1, 0.15) is 10.7 Å². The van der Waals surface area contributed by atoms with E-state index in [4.69, 9.17) is 8.92 Å². The number of amides is 1. The first-order valence-corrected chi connectivity index (χ1v) is 11.2. The molecule has 0 aromatic heterocycles. The van der Waals surface area contributed by atoms with Gasteiger partial charge in [-0.1, -0.05) is 26.8 Å². The molecule has 0 radical (unpaired) electrons. The second-order valence-corrected chi connectivity index (χ2v) is 8.94. The zero-order valence-electron chi connectivity index (χ0n) is 17.7. The van der Waals surface area contributed by atoms with Crippen molar-refractivity contribution in [2.24, 2.45) is 5.92 Å². The smallest absolute Gasteiger partial charge is 0.339 e. The summed E-state index contributed by atoms with van der Waals surface area (Å²) in [6.45, 7) is 6.93. The molecular weight excluding hydrogens is 409 g/mol. The van der Waals surface area contributed by atoms with Gasteiger partial charge in [-0.25, -0.2) is 4.39 Å². The molecule has 1 amide bonds. The van der Waals surface area contributed by atoms with Gasteiger partial charge in [0, 0.05) is 19.5 Å². The molecule has 8 heteroatoms. The maximum Gasteiger partial charge on any atom is 0.339 e. The number of hydrogen-bond acceptors (Lipinski definition) is 5. The van der Waals surface area contributed by atoms with Gasteiger partial charge in [-0.05, 0) is 54.3 Å². The van der Waals surface area contributed by atoms with Crippen molar-refractivity contribution in [2.75, 3.05) is 13.7 Å². The molecule has 0 saturated heterocycles. The minimum atomic E-state index is -4.18. The molecule has 164 valence electrons. The van der Waals surface area contributed by atoms with E-state index < -0.39 is 15.9 Å². The molecule has 0 aliphatic heterocycles. The Labute approximate surface area is 177 Å². The average molecular weight is 438 g/mol. The molecule has 30 heavy (non-hydrogen) atoms. The Bertz CT molecular complexity index is 958. The number of hydrogen-bond donors (Lipinski definition) is 0. The van der Waals surface area contributed by atoms with Crippen molar-refractivity contribution in [3.05, 3.63) is 53.8 Å². The highest BCUT2D eigenvalue weighted by Crippen LogP contribution is 2.31. The highest BCUT2D eigenvalue weighted by molar-refractivity contribution is 7.87. The quantitative estimate of drug-likeness (QED) is 0.516. The number of nitrogens with zero attached hydrogens (tertiary/aromatic N) is 1. The maximum absolute atomic E-state index is 13.1. The number of halogens is 1. The molecule has 0 fully saturated rings. The lowest BCUT2D eigenvalue weighted by molar-refractivity contribution is -0.132. The Morgan fingerprint density at radius 2 is 1.77 bits per heavy atom. The van der Waals surface area contributed by atoms with Crippen LogP contribution in [0.25, 0.3) is 0 Å². The molecule has 0 spiro atoms. The van der Waals surface area contributed by atoms with Crippen LogP contribution in [0.2, 0.25) is 0 Å². The lowest BCUT2D eigenvalue weighted by Crippen LogP contribution is -2.33. The van der Waals surface area contributed by atoms with Crippen LogP contribution in [0.3, 0.4) is 0 Å². The fourth-order valence-corrected chi connectivity index (χ4v) is 3.87. The number of carbonyl (C=O) groups excluding carboxylic acids is 1. The zero-order chi connectivity index (χ0) is 22.3. The van der Waals surface area contributed by atoms with Crippen molar-refractivity contribution in [2.45, 2.75) is 45.1 Å². The number of benzene rings is 2. The molecule has 0 heterocycles. The molecule has 2 aromatic carbocycles. The van der Waals surface area contributed by atoms with Crippen LogP contribution in [-0.2, 0) is 21.5 Å². The van der Waals surface area contributed by atoms with Crippen LogP contribution in [0.15, 0.2) is 47.4 Å². The fourth-order valence-electron chi connectivity index (χ4n) is 2.94. The molecule has 2 rings (SSSR count). The molecule has 6 nitrogen and oxygen atoms in total. The summed E-state index contributed by atoms with van der Waals surface area (Å²) in [4.78, 5) is 14.1. The first-order valence-electron chi connectivity index (χ1n) is 9.81. The van der Waals surface area contributed by atoms with Gasteiger partial charge in [0.25, 0.3) is 0 Å². The fraction of sp³-hybridized carbons (Fsp3) is 0.409. The van der Waals surface area contributed by atoms with Gasteiger partial charge < -0.3 is 13.8 Å². The Morgan fingerprint density at radius 1 is 1.10 bits per heavy atom. The Morgan fingerprint density at radius 3 is 2.33 bits per heavy atom. The van der Waals surface area contributed by atoms with Crippen molar-refractivity contribution in [3.8, 4) is 11.5 Å². The van der Waals surface area contributed by atoms with Gasteiger partial charge in [0.15, 0.2) is 11.5 Å². The lowest BCUT2D eigenvalue weighted by atomic mass is 10.1. The van der Waals surface area contributed by atoms with E-state index in [1.165, 1.54) is 7.11 Å². The standard InChI is InChI=1S/C22H28FNO5S/c1-5-6-22(25)24(14-16(2)3)15-17-7-12-20(28-4)21(13-17)29-30(26,27)19-10-8-18(23)9-11-19/h7-13,16H,5-6,14-15H2,1-4H3. The van der Waals surface area contributed by atoms with E-state index in [1.54, 1.807) is 23.1 Å². The number of carbonyl (C=O) groups is 1. The zero-order valence-corrected chi connectivity index (χ0v) is 18.5. The summed E-state index contributed by atoms with van der Waals surface area (Å²) in [5.74, 6) is 0.0315. The second-order valence-electron chi connectivity index (χ2n) is 7.39. The number of methoxy groups -OCH3 is 1. The van der Waals surface area contributed by atoms with E-state index in [-0.39, 0.29) is 22.3 Å². The van der Waals surface area contributed by atoms with E-state index in [9.17, 15) is 17.6 Å². The van der Waals surface area contributed by atoms with Gasteiger partial charge in [0.05, 0.1) is 7.11 Å². The van der Waals surface area contributed by atoms with Gasteiger partial charge in [-0.2, -0.15) is 8.42 Å². The van der Waals surface area contributed by atoms with Crippen LogP contribution in [0.4, 0.5) is 4.39 Å². The van der Waals surface area contributed by atoms with Crippen molar-refractivity contribution >= 4 is 16.0 Å². The van der Waals surface area contributed by atoms with Crippen molar-refractivity contribution in [1.82, 2.24) is 4.90 Å². The van der Waals surface area contributed by atoms with Gasteiger partial charge in [-0.15, -0.1) is 0 Å². The molecule has 0 saturated carbocycles. The third-order valence-corrected chi connectivity index (χ3v) is 5.55. The normalized spacial score (nSPS) is 11.4. The molecule has 0 aliphatic carbocycles. The topological polar surface area (TPSA) is 72.9 Å². The molecule has 0 aliphatic rings. The Kier molecular flexibility index (Phi) is 8.23.